The Hall–Kier alpha value is -3.43. The van der Waals surface area contributed by atoms with Crippen molar-refractivity contribution in [3.05, 3.63) is 59.7 Å². The van der Waals surface area contributed by atoms with Gasteiger partial charge >= 0.3 is 0 Å². The number of carbonyl (C=O) groups excluding carboxylic acids is 1. The molecule has 0 radical (unpaired) electrons. The first-order valence-corrected chi connectivity index (χ1v) is 12.5. The molecule has 0 aliphatic carbocycles. The molecule has 3 aliphatic rings. The smallest absolute Gasteiger partial charge is 0.253 e. The highest BCUT2D eigenvalue weighted by atomic mass is 16.6. The van der Waals surface area contributed by atoms with Crippen LogP contribution in [0.5, 0.6) is 0 Å². The quantitative estimate of drug-likeness (QED) is 0.356. The maximum Gasteiger partial charge on any atom is 0.253 e. The van der Waals surface area contributed by atoms with Crippen molar-refractivity contribution < 1.29 is 14.3 Å². The number of aromatic nitrogens is 2. The Morgan fingerprint density at radius 3 is 2.50 bits per heavy atom. The van der Waals surface area contributed by atoms with Crippen molar-refractivity contribution >= 4 is 49.5 Å². The first kappa shape index (κ1) is 20.7. The molecule has 3 aliphatic heterocycles. The van der Waals surface area contributed by atoms with Crippen molar-refractivity contribution in [1.29, 1.82) is 0 Å². The van der Waals surface area contributed by atoms with Gasteiger partial charge in [0.2, 0.25) is 0 Å². The molecule has 4 N–H and O–H groups in total. The summed E-state index contributed by atoms with van der Waals surface area (Å²) < 4.78 is 17.9. The van der Waals surface area contributed by atoms with Crippen LogP contribution in [0.2, 0.25) is 0 Å². The molecule has 2 bridgehead atoms. The summed E-state index contributed by atoms with van der Waals surface area (Å²) in [7, 11) is 3.74. The first-order valence-electron chi connectivity index (χ1n) is 12.5. The highest BCUT2D eigenvalue weighted by Gasteiger charge is 2.53. The number of hydrogen-bond acceptors (Lipinski definition) is 5. The number of nitrogens with zero attached hydrogens (tertiary/aromatic N) is 2. The largest absolute Gasteiger partial charge is 0.375 e. The molecule has 8 nitrogen and oxygen atoms in total. The number of likely N-dealkylation sites (N-methyl/N-ethyl adjacent to an activating group) is 1. The van der Waals surface area contributed by atoms with E-state index in [1.54, 1.807) is 7.11 Å². The highest BCUT2D eigenvalue weighted by molar-refractivity contribution is 6.31. The van der Waals surface area contributed by atoms with E-state index in [0.29, 0.717) is 5.56 Å². The molecule has 1 fully saturated rings. The number of rotatable bonds is 2. The fourth-order valence-electron chi connectivity index (χ4n) is 7.43. The van der Waals surface area contributed by atoms with Gasteiger partial charge in [-0.3, -0.25) is 4.79 Å². The molecule has 8 rings (SSSR count). The van der Waals surface area contributed by atoms with Crippen LogP contribution in [0.1, 0.15) is 41.7 Å². The van der Waals surface area contributed by atoms with Crippen molar-refractivity contribution in [3.63, 3.8) is 0 Å². The van der Waals surface area contributed by atoms with Crippen molar-refractivity contribution in [2.24, 2.45) is 5.73 Å². The highest BCUT2D eigenvalue weighted by Crippen LogP contribution is 2.54. The van der Waals surface area contributed by atoms with Crippen molar-refractivity contribution in [2.45, 2.75) is 43.6 Å². The summed E-state index contributed by atoms with van der Waals surface area (Å²) in [6.45, 7) is 2.13. The number of fused-ring (bicyclic) bond motifs is 13. The summed E-state index contributed by atoms with van der Waals surface area (Å²) in [5, 5.41) is 10.5. The van der Waals surface area contributed by atoms with E-state index < -0.39 is 11.9 Å². The zero-order valence-electron chi connectivity index (χ0n) is 20.3. The Morgan fingerprint density at radius 2 is 1.78 bits per heavy atom. The number of methoxy groups -OCH3 is 1. The second-order valence-corrected chi connectivity index (χ2v) is 10.3. The summed E-state index contributed by atoms with van der Waals surface area (Å²) >= 11 is 0. The predicted molar refractivity (Wildman–Crippen MR) is 139 cm³/mol. The van der Waals surface area contributed by atoms with E-state index in [1.165, 1.54) is 0 Å². The van der Waals surface area contributed by atoms with Gasteiger partial charge in [-0.05, 0) is 26.1 Å². The van der Waals surface area contributed by atoms with E-state index in [-0.39, 0.29) is 24.3 Å². The van der Waals surface area contributed by atoms with Gasteiger partial charge in [0, 0.05) is 46.7 Å². The molecule has 36 heavy (non-hydrogen) atoms. The van der Waals surface area contributed by atoms with Crippen LogP contribution >= 0.6 is 0 Å². The summed E-state index contributed by atoms with van der Waals surface area (Å²) in [4.78, 5) is 13.5. The molecule has 0 spiro atoms. The van der Waals surface area contributed by atoms with Gasteiger partial charge in [-0.2, -0.15) is 0 Å². The Labute approximate surface area is 206 Å². The van der Waals surface area contributed by atoms with Crippen molar-refractivity contribution in [3.8, 4) is 0 Å². The van der Waals surface area contributed by atoms with E-state index in [0.717, 1.165) is 55.6 Å². The van der Waals surface area contributed by atoms with Crippen molar-refractivity contribution in [1.82, 2.24) is 19.8 Å². The third-order valence-corrected chi connectivity index (χ3v) is 8.70. The molecule has 1 amide bonds. The second-order valence-electron chi connectivity index (χ2n) is 10.3. The third-order valence-electron chi connectivity index (χ3n) is 8.70. The van der Waals surface area contributed by atoms with Crippen LogP contribution in [0.25, 0.3) is 43.6 Å². The molecular formula is C28H27N5O3. The standard InChI is InChI=1S/C28H27N5O3/c1-28-25(35-3)15(30-2)12-18(36-28)32-16-10-6-4-8-13(16)20-22-21(26(29)31-27(22)34)19-14-9-5-7-11-17(14)33(28)24(19)23(20)32/h4-11,15,18,25-26,30H,12,29H2,1-3H3,(H,31,34)/t15-,18-,25-,26+,28+/m1/s1. The number of nitrogens with two attached hydrogens (primary N) is 1. The molecule has 182 valence electrons. The molecule has 5 heterocycles. The van der Waals surface area contributed by atoms with Crippen molar-refractivity contribution in [2.75, 3.05) is 14.2 Å². The predicted octanol–water partition coefficient (Wildman–Crippen LogP) is 3.81. The Morgan fingerprint density at radius 1 is 1.08 bits per heavy atom. The van der Waals surface area contributed by atoms with Crippen LogP contribution in [0, 0.1) is 0 Å². The Kier molecular flexibility index (Phi) is 3.83. The Balaban J connectivity index is 1.73. The zero-order valence-corrected chi connectivity index (χ0v) is 20.3. The molecular weight excluding hydrogens is 454 g/mol. The summed E-state index contributed by atoms with van der Waals surface area (Å²) in [6.07, 6.45) is -0.353. The molecule has 0 saturated carbocycles. The fourth-order valence-corrected chi connectivity index (χ4v) is 7.43. The van der Waals surface area contributed by atoms with Gasteiger partial charge in [-0.15, -0.1) is 0 Å². The van der Waals surface area contributed by atoms with Gasteiger partial charge in [-0.1, -0.05) is 36.4 Å². The van der Waals surface area contributed by atoms with Gasteiger partial charge in [-0.25, -0.2) is 0 Å². The van der Waals surface area contributed by atoms with Gasteiger partial charge in [0.25, 0.3) is 5.91 Å². The van der Waals surface area contributed by atoms with Crippen LogP contribution in [-0.2, 0) is 15.2 Å². The van der Waals surface area contributed by atoms with Crippen LogP contribution in [-0.4, -0.2) is 41.3 Å². The summed E-state index contributed by atoms with van der Waals surface area (Å²) in [5.74, 6) is -0.124. The van der Waals surface area contributed by atoms with E-state index in [2.05, 4.69) is 51.0 Å². The molecule has 1 saturated heterocycles. The molecule has 2 aromatic heterocycles. The van der Waals surface area contributed by atoms with Crippen LogP contribution in [0.3, 0.4) is 0 Å². The maximum absolute atomic E-state index is 13.5. The SMILES string of the molecule is CN[C@@H]1C[C@H]2O[C@@](C)([C@@H]1OC)n1c3ccccc3c3c4c(c5c6ccccc6n2c5c31)C(=O)N[C@@H]4N. The minimum absolute atomic E-state index is 0.0536. The average Bonchev–Trinajstić information content (AvgIpc) is 3.48. The molecule has 5 aromatic rings. The molecule has 0 unspecified atom stereocenters. The third kappa shape index (κ3) is 2.15. The van der Waals surface area contributed by atoms with Gasteiger partial charge in [0.1, 0.15) is 18.5 Å². The van der Waals surface area contributed by atoms with Gasteiger partial charge < -0.3 is 35.0 Å². The first-order chi connectivity index (χ1) is 17.5. The zero-order chi connectivity index (χ0) is 24.5. The minimum Gasteiger partial charge on any atom is -0.375 e. The second kappa shape index (κ2) is 6.66. The lowest BCUT2D eigenvalue weighted by molar-refractivity contribution is -0.256. The molecule has 8 heteroatoms. The molecule has 5 atom stereocenters. The lowest BCUT2D eigenvalue weighted by Gasteiger charge is -2.48. The van der Waals surface area contributed by atoms with E-state index >= 15 is 0 Å². The van der Waals surface area contributed by atoms with E-state index in [9.17, 15) is 4.79 Å². The van der Waals surface area contributed by atoms with Crippen LogP contribution in [0.4, 0.5) is 0 Å². The summed E-state index contributed by atoms with van der Waals surface area (Å²) in [5.41, 5.74) is 11.5. The monoisotopic (exact) mass is 481 g/mol. The number of nitrogens with one attached hydrogen (secondary N) is 2. The Bertz CT molecular complexity index is 1780. The maximum atomic E-state index is 13.5. The number of hydrogen-bond donors (Lipinski definition) is 3. The lowest BCUT2D eigenvalue weighted by atomic mass is 9.93. The minimum atomic E-state index is -0.811. The fraction of sp³-hybridized carbons (Fsp3) is 0.321. The van der Waals surface area contributed by atoms with Crippen LogP contribution in [0.15, 0.2) is 48.5 Å². The number of para-hydroxylation sites is 2. The van der Waals surface area contributed by atoms with E-state index in [4.69, 9.17) is 15.2 Å². The van der Waals surface area contributed by atoms with Gasteiger partial charge in [0.15, 0.2) is 5.72 Å². The number of amides is 1. The number of benzene rings is 3. The topological polar surface area (TPSA) is 95.5 Å². The molecule has 3 aromatic carbocycles. The van der Waals surface area contributed by atoms with E-state index in [1.807, 2.05) is 31.3 Å². The van der Waals surface area contributed by atoms with Crippen LogP contribution < -0.4 is 16.4 Å². The summed E-state index contributed by atoms with van der Waals surface area (Å²) in [6, 6.07) is 16.7. The normalized spacial score (nSPS) is 28.9. The number of carbonyl (C=O) groups is 1. The number of ether oxygens (including phenoxy) is 2. The lowest BCUT2D eigenvalue weighted by Crippen LogP contribution is -2.59. The average molecular weight is 482 g/mol. The van der Waals surface area contributed by atoms with Gasteiger partial charge in [0.05, 0.1) is 27.6 Å².